The first-order chi connectivity index (χ1) is 10.3. The molecule has 1 N–H and O–H groups in total. The number of carbonyl (C=O) groups excluding carboxylic acids is 1. The number of nitrogens with one attached hydrogen (secondary N) is 1. The van der Waals surface area contributed by atoms with Crippen molar-refractivity contribution in [3.05, 3.63) is 54.0 Å². The Morgan fingerprint density at radius 3 is 2.67 bits per heavy atom. The van der Waals surface area contributed by atoms with Crippen LogP contribution in [-0.2, 0) is 0 Å². The summed E-state index contributed by atoms with van der Waals surface area (Å²) >= 11 is 0. The number of rotatable bonds is 3. The standard InChI is InChI=1S/C16H16FN3O/c17-13-7-1-2-8-14(13)19-15-12(6-5-9-18-15)16(21)20-10-3-4-11-20/h1-2,5-9H,3-4,10-11H2,(H,18,19). The van der Waals surface area contributed by atoms with Gasteiger partial charge in [0.15, 0.2) is 0 Å². The molecule has 0 atom stereocenters. The average molecular weight is 285 g/mol. The number of para-hydroxylation sites is 1. The first kappa shape index (κ1) is 13.5. The van der Waals surface area contributed by atoms with E-state index in [1.165, 1.54) is 6.07 Å². The quantitative estimate of drug-likeness (QED) is 0.942. The first-order valence-electron chi connectivity index (χ1n) is 7.01. The minimum absolute atomic E-state index is 0.0561. The van der Waals surface area contributed by atoms with Crippen LogP contribution < -0.4 is 5.32 Å². The molecule has 2 aromatic rings. The zero-order chi connectivity index (χ0) is 14.7. The Morgan fingerprint density at radius 2 is 1.90 bits per heavy atom. The van der Waals surface area contributed by atoms with E-state index in [1.807, 2.05) is 4.90 Å². The molecule has 1 amide bonds. The van der Waals surface area contributed by atoms with E-state index in [2.05, 4.69) is 10.3 Å². The van der Waals surface area contributed by atoms with Gasteiger partial charge in [-0.15, -0.1) is 0 Å². The minimum Gasteiger partial charge on any atom is -0.339 e. The van der Waals surface area contributed by atoms with Crippen LogP contribution in [-0.4, -0.2) is 28.9 Å². The smallest absolute Gasteiger partial charge is 0.257 e. The lowest BCUT2D eigenvalue weighted by molar-refractivity contribution is 0.0793. The SMILES string of the molecule is O=C(c1cccnc1Nc1ccccc1F)N1CCCC1. The molecule has 108 valence electrons. The van der Waals surface area contributed by atoms with E-state index in [4.69, 9.17) is 0 Å². The first-order valence-corrected chi connectivity index (χ1v) is 7.01. The summed E-state index contributed by atoms with van der Waals surface area (Å²) < 4.78 is 13.7. The van der Waals surface area contributed by atoms with E-state index in [-0.39, 0.29) is 11.7 Å². The van der Waals surface area contributed by atoms with Crippen LogP contribution in [0.25, 0.3) is 0 Å². The van der Waals surface area contributed by atoms with Crippen LogP contribution in [0, 0.1) is 5.82 Å². The highest BCUT2D eigenvalue weighted by Gasteiger charge is 2.22. The second-order valence-corrected chi connectivity index (χ2v) is 5.00. The van der Waals surface area contributed by atoms with Gasteiger partial charge in [0.05, 0.1) is 11.3 Å². The van der Waals surface area contributed by atoms with Crippen LogP contribution >= 0.6 is 0 Å². The molecule has 4 nitrogen and oxygen atoms in total. The van der Waals surface area contributed by atoms with Crippen molar-refractivity contribution in [2.24, 2.45) is 0 Å². The van der Waals surface area contributed by atoms with E-state index in [9.17, 15) is 9.18 Å². The summed E-state index contributed by atoms with van der Waals surface area (Å²) in [6.45, 7) is 1.54. The van der Waals surface area contributed by atoms with Gasteiger partial charge in [-0.25, -0.2) is 9.37 Å². The number of benzene rings is 1. The van der Waals surface area contributed by atoms with E-state index < -0.39 is 0 Å². The summed E-state index contributed by atoms with van der Waals surface area (Å²) in [6.07, 6.45) is 3.65. The third-order valence-electron chi connectivity index (χ3n) is 3.56. The van der Waals surface area contributed by atoms with Gasteiger partial charge in [0.2, 0.25) is 0 Å². The lowest BCUT2D eigenvalue weighted by atomic mass is 10.2. The van der Waals surface area contributed by atoms with E-state index in [0.29, 0.717) is 17.1 Å². The second-order valence-electron chi connectivity index (χ2n) is 5.00. The number of carbonyl (C=O) groups is 1. The number of aromatic nitrogens is 1. The lowest BCUT2D eigenvalue weighted by Gasteiger charge is -2.17. The van der Waals surface area contributed by atoms with Gasteiger partial charge < -0.3 is 10.2 Å². The van der Waals surface area contributed by atoms with Crippen molar-refractivity contribution in [1.29, 1.82) is 0 Å². The topological polar surface area (TPSA) is 45.2 Å². The number of anilines is 2. The van der Waals surface area contributed by atoms with E-state index >= 15 is 0 Å². The number of likely N-dealkylation sites (tertiary alicyclic amines) is 1. The summed E-state index contributed by atoms with van der Waals surface area (Å²) in [5.74, 6) is -0.0401. The van der Waals surface area contributed by atoms with Gasteiger partial charge in [-0.05, 0) is 37.1 Å². The van der Waals surface area contributed by atoms with Gasteiger partial charge in [0.25, 0.3) is 5.91 Å². The van der Waals surface area contributed by atoms with Gasteiger partial charge in [0, 0.05) is 19.3 Å². The van der Waals surface area contributed by atoms with Crippen LogP contribution in [0.4, 0.5) is 15.9 Å². The third-order valence-corrected chi connectivity index (χ3v) is 3.56. The monoisotopic (exact) mass is 285 g/mol. The molecule has 1 aromatic carbocycles. The summed E-state index contributed by atoms with van der Waals surface area (Å²) in [5, 5.41) is 2.91. The number of pyridine rings is 1. The molecule has 1 aliphatic heterocycles. The maximum Gasteiger partial charge on any atom is 0.257 e. The molecular formula is C16H16FN3O. The van der Waals surface area contributed by atoms with E-state index in [1.54, 1.807) is 36.5 Å². The molecule has 21 heavy (non-hydrogen) atoms. The lowest BCUT2D eigenvalue weighted by Crippen LogP contribution is -2.28. The van der Waals surface area contributed by atoms with Crippen molar-refractivity contribution in [3.8, 4) is 0 Å². The van der Waals surface area contributed by atoms with Gasteiger partial charge in [0.1, 0.15) is 11.6 Å². The van der Waals surface area contributed by atoms with Gasteiger partial charge in [-0.3, -0.25) is 4.79 Å². The number of amides is 1. The van der Waals surface area contributed by atoms with Crippen molar-refractivity contribution >= 4 is 17.4 Å². The number of hydrogen-bond donors (Lipinski definition) is 1. The Kier molecular flexibility index (Phi) is 3.81. The zero-order valence-corrected chi connectivity index (χ0v) is 11.6. The number of halogens is 1. The molecule has 0 spiro atoms. The maximum atomic E-state index is 13.7. The Bertz CT molecular complexity index is 653. The normalized spacial score (nSPS) is 14.2. The summed E-state index contributed by atoms with van der Waals surface area (Å²) in [4.78, 5) is 18.5. The summed E-state index contributed by atoms with van der Waals surface area (Å²) in [5.41, 5.74) is 0.786. The Morgan fingerprint density at radius 1 is 1.14 bits per heavy atom. The fraction of sp³-hybridized carbons (Fsp3) is 0.250. The largest absolute Gasteiger partial charge is 0.339 e. The molecule has 0 saturated carbocycles. The van der Waals surface area contributed by atoms with Crippen molar-refractivity contribution in [2.45, 2.75) is 12.8 Å². The van der Waals surface area contributed by atoms with Crippen molar-refractivity contribution in [2.75, 3.05) is 18.4 Å². The second kappa shape index (κ2) is 5.91. The van der Waals surface area contributed by atoms with Crippen molar-refractivity contribution < 1.29 is 9.18 Å². The molecule has 1 saturated heterocycles. The van der Waals surface area contributed by atoms with Crippen LogP contribution in [0.5, 0.6) is 0 Å². The van der Waals surface area contributed by atoms with Crippen LogP contribution in [0.2, 0.25) is 0 Å². The highest BCUT2D eigenvalue weighted by molar-refractivity contribution is 5.99. The number of nitrogens with zero attached hydrogens (tertiary/aromatic N) is 2. The van der Waals surface area contributed by atoms with Crippen LogP contribution in [0.1, 0.15) is 23.2 Å². The fourth-order valence-electron chi connectivity index (χ4n) is 2.46. The molecule has 0 bridgehead atoms. The van der Waals surface area contributed by atoms with Crippen molar-refractivity contribution in [3.63, 3.8) is 0 Å². The molecule has 2 heterocycles. The van der Waals surface area contributed by atoms with Gasteiger partial charge >= 0.3 is 0 Å². The predicted molar refractivity (Wildman–Crippen MR) is 79.1 cm³/mol. The van der Waals surface area contributed by atoms with E-state index in [0.717, 1.165) is 25.9 Å². The zero-order valence-electron chi connectivity index (χ0n) is 11.6. The number of hydrogen-bond acceptors (Lipinski definition) is 3. The Hall–Kier alpha value is -2.43. The third kappa shape index (κ3) is 2.86. The molecule has 3 rings (SSSR count). The molecule has 0 unspecified atom stereocenters. The van der Waals surface area contributed by atoms with Gasteiger partial charge in [-0.2, -0.15) is 0 Å². The van der Waals surface area contributed by atoms with Gasteiger partial charge in [-0.1, -0.05) is 12.1 Å². The fourth-order valence-corrected chi connectivity index (χ4v) is 2.46. The molecule has 0 aliphatic carbocycles. The highest BCUT2D eigenvalue weighted by atomic mass is 19.1. The summed E-state index contributed by atoms with van der Waals surface area (Å²) in [7, 11) is 0. The minimum atomic E-state index is -0.372. The highest BCUT2D eigenvalue weighted by Crippen LogP contribution is 2.23. The Labute approximate surface area is 122 Å². The summed E-state index contributed by atoms with van der Waals surface area (Å²) in [6, 6.07) is 9.78. The Balaban J connectivity index is 1.89. The predicted octanol–water partition coefficient (Wildman–Crippen LogP) is 3.20. The molecule has 1 aromatic heterocycles. The van der Waals surface area contributed by atoms with Crippen LogP contribution in [0.15, 0.2) is 42.6 Å². The molecule has 0 radical (unpaired) electrons. The molecule has 5 heteroatoms. The molecule has 1 fully saturated rings. The van der Waals surface area contributed by atoms with Crippen molar-refractivity contribution in [1.82, 2.24) is 9.88 Å². The van der Waals surface area contributed by atoms with Crippen LogP contribution in [0.3, 0.4) is 0 Å². The average Bonchev–Trinajstić information content (AvgIpc) is 3.04. The molecule has 1 aliphatic rings. The maximum absolute atomic E-state index is 13.7. The molecular weight excluding hydrogens is 269 g/mol.